The summed E-state index contributed by atoms with van der Waals surface area (Å²) in [5.41, 5.74) is -0.0213. The molecule has 0 atom stereocenters. The van der Waals surface area contributed by atoms with Crippen LogP contribution in [0.4, 0.5) is 14.6 Å². The predicted molar refractivity (Wildman–Crippen MR) is 105 cm³/mol. The highest BCUT2D eigenvalue weighted by Gasteiger charge is 2.24. The maximum atomic E-state index is 13.7. The fourth-order valence-electron chi connectivity index (χ4n) is 2.70. The second-order valence-corrected chi connectivity index (χ2v) is 7.90. The smallest absolute Gasteiger partial charge is 0.262 e. The zero-order valence-electron chi connectivity index (χ0n) is 15.0. The molecule has 27 heavy (non-hydrogen) atoms. The largest absolute Gasteiger partial charge is 0.385 e. The summed E-state index contributed by atoms with van der Waals surface area (Å²) < 4.78 is 28.5. The number of benzene rings is 1. The number of thiophene rings is 1. The van der Waals surface area contributed by atoms with Crippen LogP contribution in [-0.2, 0) is 5.60 Å². The number of pyridine rings is 1. The maximum Gasteiger partial charge on any atom is 0.262 e. The quantitative estimate of drug-likeness (QED) is 0.678. The SMILES string of the molecule is Bc1cc(-c2ccc(NC(=O)c3c(F)cccc3F)nc2)c(C(C)(C)O)s1. The van der Waals surface area contributed by atoms with Gasteiger partial charge >= 0.3 is 0 Å². The fourth-order valence-corrected chi connectivity index (χ4v) is 3.74. The van der Waals surface area contributed by atoms with Crippen LogP contribution in [0.15, 0.2) is 42.6 Å². The molecule has 2 heterocycles. The average molecular weight is 386 g/mol. The summed E-state index contributed by atoms with van der Waals surface area (Å²) in [6.07, 6.45) is 1.55. The van der Waals surface area contributed by atoms with E-state index in [2.05, 4.69) is 10.3 Å². The monoisotopic (exact) mass is 386 g/mol. The number of hydrogen-bond donors (Lipinski definition) is 2. The highest BCUT2D eigenvalue weighted by Crippen LogP contribution is 2.34. The van der Waals surface area contributed by atoms with Gasteiger partial charge in [0.05, 0.1) is 5.60 Å². The van der Waals surface area contributed by atoms with Crippen LogP contribution in [0.25, 0.3) is 11.1 Å². The summed E-state index contributed by atoms with van der Waals surface area (Å²) in [6, 6.07) is 8.47. The van der Waals surface area contributed by atoms with Gasteiger partial charge in [0.1, 0.15) is 23.0 Å². The number of amides is 1. The number of halogens is 2. The lowest BCUT2D eigenvalue weighted by Gasteiger charge is -2.18. The molecule has 0 bridgehead atoms. The van der Waals surface area contributed by atoms with Crippen molar-refractivity contribution < 1.29 is 18.7 Å². The molecule has 0 unspecified atom stereocenters. The Morgan fingerprint density at radius 1 is 1.22 bits per heavy atom. The van der Waals surface area contributed by atoms with E-state index >= 15 is 0 Å². The van der Waals surface area contributed by atoms with Crippen molar-refractivity contribution in [1.82, 2.24) is 4.98 Å². The Morgan fingerprint density at radius 3 is 2.44 bits per heavy atom. The minimum absolute atomic E-state index is 0.170. The highest BCUT2D eigenvalue weighted by molar-refractivity contribution is 7.20. The third-order valence-corrected chi connectivity index (χ3v) is 5.28. The number of nitrogens with zero attached hydrogens (tertiary/aromatic N) is 1. The molecule has 0 aliphatic carbocycles. The number of rotatable bonds is 4. The van der Waals surface area contributed by atoms with Crippen molar-refractivity contribution in [2.45, 2.75) is 19.4 Å². The molecule has 138 valence electrons. The zero-order chi connectivity index (χ0) is 19.8. The molecule has 0 spiro atoms. The molecule has 0 fully saturated rings. The molecule has 0 aliphatic rings. The first-order valence-electron chi connectivity index (χ1n) is 8.22. The van der Waals surface area contributed by atoms with Crippen molar-refractivity contribution in [3.05, 3.63) is 64.7 Å². The van der Waals surface area contributed by atoms with Crippen molar-refractivity contribution in [2.75, 3.05) is 5.32 Å². The van der Waals surface area contributed by atoms with E-state index in [0.717, 1.165) is 32.9 Å². The molecule has 2 N–H and O–H groups in total. The summed E-state index contributed by atoms with van der Waals surface area (Å²) in [5, 5.41) is 12.7. The van der Waals surface area contributed by atoms with Crippen molar-refractivity contribution in [3.8, 4) is 11.1 Å². The molecule has 2 aromatic heterocycles. The minimum Gasteiger partial charge on any atom is -0.385 e. The molecule has 8 heteroatoms. The first kappa shape index (κ1) is 19.2. The van der Waals surface area contributed by atoms with Crippen LogP contribution in [0.2, 0.25) is 0 Å². The Morgan fingerprint density at radius 2 is 1.89 bits per heavy atom. The molecule has 3 rings (SSSR count). The van der Waals surface area contributed by atoms with E-state index in [1.807, 2.05) is 13.9 Å². The third-order valence-electron chi connectivity index (χ3n) is 3.92. The molecular formula is C19H17BF2N2O2S. The van der Waals surface area contributed by atoms with E-state index in [9.17, 15) is 18.7 Å². The molecule has 3 aromatic rings. The van der Waals surface area contributed by atoms with E-state index in [0.29, 0.717) is 0 Å². The summed E-state index contributed by atoms with van der Waals surface area (Å²) in [4.78, 5) is 17.1. The van der Waals surface area contributed by atoms with E-state index in [-0.39, 0.29) is 5.82 Å². The first-order valence-corrected chi connectivity index (χ1v) is 9.03. The molecule has 0 aliphatic heterocycles. The van der Waals surface area contributed by atoms with Crippen molar-refractivity contribution in [2.24, 2.45) is 0 Å². The molecule has 4 nitrogen and oxygen atoms in total. The summed E-state index contributed by atoms with van der Waals surface area (Å²) >= 11 is 1.50. The Hall–Kier alpha value is -2.58. The van der Waals surface area contributed by atoms with E-state index in [4.69, 9.17) is 0 Å². The van der Waals surface area contributed by atoms with Crippen LogP contribution >= 0.6 is 11.3 Å². The molecular weight excluding hydrogens is 369 g/mol. The van der Waals surface area contributed by atoms with E-state index in [1.54, 1.807) is 32.2 Å². The van der Waals surface area contributed by atoms with E-state index < -0.39 is 28.7 Å². The van der Waals surface area contributed by atoms with Gasteiger partial charge in [-0.05, 0) is 54.5 Å². The molecule has 0 saturated heterocycles. The zero-order valence-corrected chi connectivity index (χ0v) is 15.8. The number of carbonyl (C=O) groups is 1. The van der Waals surface area contributed by atoms with Gasteiger partial charge in [0.2, 0.25) is 0 Å². The van der Waals surface area contributed by atoms with Crippen molar-refractivity contribution in [1.29, 1.82) is 0 Å². The number of anilines is 1. The molecule has 0 saturated carbocycles. The first-order chi connectivity index (χ1) is 12.7. The minimum atomic E-state index is -0.997. The van der Waals surface area contributed by atoms with Crippen LogP contribution in [-0.4, -0.2) is 23.8 Å². The maximum absolute atomic E-state index is 13.7. The number of carbonyl (C=O) groups excluding carboxylic acids is 1. The lowest BCUT2D eigenvalue weighted by Crippen LogP contribution is -2.16. The summed E-state index contributed by atoms with van der Waals surface area (Å²) in [5.74, 6) is -2.61. The standard InChI is InChI=1S/C19H17BF2N2O2S/c1-19(2,26)17-11(8-14(20)27-17)10-6-7-15(23-9-10)24-18(25)16-12(21)4-3-5-13(16)22/h3-9,26H,20H2,1-2H3,(H,23,24,25). The van der Waals surface area contributed by atoms with Gasteiger partial charge in [-0.3, -0.25) is 4.79 Å². The van der Waals surface area contributed by atoms with Gasteiger partial charge in [-0.2, -0.15) is 11.3 Å². The lowest BCUT2D eigenvalue weighted by molar-refractivity contribution is 0.0831. The Balaban J connectivity index is 1.86. The van der Waals surface area contributed by atoms with Crippen LogP contribution in [0.5, 0.6) is 0 Å². The third kappa shape index (κ3) is 4.07. The fraction of sp³-hybridized carbons (Fsp3) is 0.158. The number of aromatic nitrogens is 1. The number of nitrogens with one attached hydrogen (secondary N) is 1. The number of hydrogen-bond acceptors (Lipinski definition) is 4. The van der Waals surface area contributed by atoms with Gasteiger partial charge in [0, 0.05) is 16.6 Å². The Kier molecular flexibility index (Phi) is 5.12. The lowest BCUT2D eigenvalue weighted by atomic mass is 9.97. The van der Waals surface area contributed by atoms with Crippen LogP contribution in [0, 0.1) is 11.6 Å². The average Bonchev–Trinajstić information content (AvgIpc) is 2.97. The molecule has 1 aromatic carbocycles. The van der Waals surface area contributed by atoms with Gasteiger partial charge in [-0.25, -0.2) is 13.8 Å². The second-order valence-electron chi connectivity index (χ2n) is 6.64. The van der Waals surface area contributed by atoms with Gasteiger partial charge in [-0.15, -0.1) is 0 Å². The molecule has 1 amide bonds. The van der Waals surface area contributed by atoms with E-state index in [1.165, 1.54) is 17.4 Å². The van der Waals surface area contributed by atoms with Gasteiger partial charge in [0.15, 0.2) is 7.85 Å². The highest BCUT2D eigenvalue weighted by atomic mass is 32.1. The van der Waals surface area contributed by atoms with Crippen molar-refractivity contribution in [3.63, 3.8) is 0 Å². The van der Waals surface area contributed by atoms with Gasteiger partial charge < -0.3 is 10.4 Å². The summed E-state index contributed by atoms with van der Waals surface area (Å²) in [6.45, 7) is 3.43. The number of aliphatic hydroxyl groups is 1. The Bertz CT molecular complexity index is 978. The molecule has 0 radical (unpaired) electrons. The van der Waals surface area contributed by atoms with Crippen LogP contribution in [0.3, 0.4) is 0 Å². The Labute approximate surface area is 160 Å². The van der Waals surface area contributed by atoms with Crippen LogP contribution < -0.4 is 10.1 Å². The van der Waals surface area contributed by atoms with Crippen LogP contribution in [0.1, 0.15) is 29.1 Å². The normalized spacial score (nSPS) is 11.4. The summed E-state index contributed by atoms with van der Waals surface area (Å²) in [7, 11) is 1.95. The van der Waals surface area contributed by atoms with Gasteiger partial charge in [0.25, 0.3) is 5.91 Å². The second kappa shape index (κ2) is 7.21. The van der Waals surface area contributed by atoms with Gasteiger partial charge in [-0.1, -0.05) is 6.07 Å². The van der Waals surface area contributed by atoms with Crippen molar-refractivity contribution >= 4 is 35.7 Å². The predicted octanol–water partition coefficient (Wildman–Crippen LogP) is 2.83. The topological polar surface area (TPSA) is 62.2 Å².